The third-order valence-electron chi connectivity index (χ3n) is 2.47. The van der Waals surface area contributed by atoms with Crippen LogP contribution in [0.1, 0.15) is 19.8 Å². The quantitative estimate of drug-likeness (QED) is 0.324. The summed E-state index contributed by atoms with van der Waals surface area (Å²) in [5.74, 6) is -0.376. The number of ether oxygens (including phenoxy) is 1. The first-order valence-electron chi connectivity index (χ1n) is 5.44. The lowest BCUT2D eigenvalue weighted by atomic mass is 10.2. The van der Waals surface area contributed by atoms with Crippen LogP contribution in [0.15, 0.2) is 35.8 Å². The molecular formula is C13H16N2O2. The molecule has 0 radical (unpaired) electrons. The van der Waals surface area contributed by atoms with Gasteiger partial charge in [0.2, 0.25) is 0 Å². The zero-order valence-electron chi connectivity index (χ0n) is 10.2. The summed E-state index contributed by atoms with van der Waals surface area (Å²) in [6.45, 7) is 6.04. The van der Waals surface area contributed by atoms with Crippen molar-refractivity contribution in [3.8, 4) is 6.07 Å². The zero-order chi connectivity index (χ0) is 12.8. The molecule has 4 heteroatoms. The Morgan fingerprint density at radius 3 is 2.82 bits per heavy atom. The number of esters is 1. The van der Waals surface area contributed by atoms with Gasteiger partial charge in [-0.2, -0.15) is 5.26 Å². The zero-order valence-corrected chi connectivity index (χ0v) is 10.2. The summed E-state index contributed by atoms with van der Waals surface area (Å²) in [6.07, 6.45) is 5.38. The van der Waals surface area contributed by atoms with Gasteiger partial charge < -0.3 is 9.64 Å². The molecule has 0 aromatic heterocycles. The molecule has 4 nitrogen and oxygen atoms in total. The van der Waals surface area contributed by atoms with Gasteiger partial charge in [-0.1, -0.05) is 6.58 Å². The van der Waals surface area contributed by atoms with Crippen molar-refractivity contribution in [1.82, 2.24) is 4.90 Å². The third-order valence-corrected chi connectivity index (χ3v) is 2.47. The van der Waals surface area contributed by atoms with Gasteiger partial charge in [-0.25, -0.2) is 4.79 Å². The van der Waals surface area contributed by atoms with Crippen molar-refractivity contribution in [2.75, 3.05) is 13.6 Å². The monoisotopic (exact) mass is 232 g/mol. The Morgan fingerprint density at radius 2 is 2.35 bits per heavy atom. The second kappa shape index (κ2) is 5.90. The standard InChI is InChI=1S/C13H16N2O2/c1-10(2)17-13(16)11(9-14)6-7-12-5-4-8-15(12)3/h6-7H,1,4-5,8H2,2-3H3/b11-6-,12-7+. The van der Waals surface area contributed by atoms with E-state index >= 15 is 0 Å². The van der Waals surface area contributed by atoms with Crippen molar-refractivity contribution in [3.63, 3.8) is 0 Å². The third kappa shape index (κ3) is 3.80. The van der Waals surface area contributed by atoms with Crippen LogP contribution >= 0.6 is 0 Å². The normalized spacial score (nSPS) is 18.1. The predicted molar refractivity (Wildman–Crippen MR) is 64.5 cm³/mol. The molecule has 1 fully saturated rings. The van der Waals surface area contributed by atoms with Crippen LogP contribution in [0.2, 0.25) is 0 Å². The molecule has 0 saturated carbocycles. The number of likely N-dealkylation sites (tertiary alicyclic amines) is 1. The van der Waals surface area contributed by atoms with Gasteiger partial charge >= 0.3 is 5.97 Å². The second-order valence-electron chi connectivity index (χ2n) is 3.97. The molecule has 1 aliphatic rings. The highest BCUT2D eigenvalue weighted by atomic mass is 16.5. The summed E-state index contributed by atoms with van der Waals surface area (Å²) in [5, 5.41) is 8.86. The van der Waals surface area contributed by atoms with E-state index in [4.69, 9.17) is 10.00 Å². The van der Waals surface area contributed by atoms with E-state index in [2.05, 4.69) is 11.5 Å². The van der Waals surface area contributed by atoms with Crippen molar-refractivity contribution >= 4 is 5.97 Å². The first-order valence-corrected chi connectivity index (χ1v) is 5.44. The fourth-order valence-corrected chi connectivity index (χ4v) is 1.59. The van der Waals surface area contributed by atoms with E-state index in [0.29, 0.717) is 0 Å². The fraction of sp³-hybridized carbons (Fsp3) is 0.385. The van der Waals surface area contributed by atoms with Gasteiger partial charge in [-0.15, -0.1) is 0 Å². The lowest BCUT2D eigenvalue weighted by Gasteiger charge is -2.11. The number of nitriles is 1. The van der Waals surface area contributed by atoms with Gasteiger partial charge in [0, 0.05) is 19.3 Å². The molecule has 0 unspecified atom stereocenters. The molecule has 0 atom stereocenters. The fourth-order valence-electron chi connectivity index (χ4n) is 1.59. The Kier molecular flexibility index (Phi) is 4.53. The maximum atomic E-state index is 11.5. The van der Waals surface area contributed by atoms with E-state index in [1.165, 1.54) is 6.08 Å². The minimum Gasteiger partial charge on any atom is -0.428 e. The lowest BCUT2D eigenvalue weighted by Crippen LogP contribution is -2.10. The topological polar surface area (TPSA) is 53.3 Å². The molecule has 90 valence electrons. The van der Waals surface area contributed by atoms with Gasteiger partial charge in [0.25, 0.3) is 0 Å². The van der Waals surface area contributed by atoms with Crippen molar-refractivity contribution in [2.45, 2.75) is 19.8 Å². The van der Waals surface area contributed by atoms with E-state index in [9.17, 15) is 4.79 Å². The average molecular weight is 232 g/mol. The number of hydrogen-bond donors (Lipinski definition) is 0. The molecule has 0 bridgehead atoms. The van der Waals surface area contributed by atoms with Crippen LogP contribution in [0.5, 0.6) is 0 Å². The largest absolute Gasteiger partial charge is 0.428 e. The van der Waals surface area contributed by atoms with Gasteiger partial charge in [0.1, 0.15) is 11.6 Å². The van der Waals surface area contributed by atoms with Crippen molar-refractivity contribution < 1.29 is 9.53 Å². The Morgan fingerprint density at radius 1 is 1.65 bits per heavy atom. The maximum absolute atomic E-state index is 11.5. The summed E-state index contributed by atoms with van der Waals surface area (Å²) in [4.78, 5) is 13.6. The summed E-state index contributed by atoms with van der Waals surface area (Å²) in [6, 6.07) is 1.83. The summed E-state index contributed by atoms with van der Waals surface area (Å²) in [5.41, 5.74) is 1.11. The van der Waals surface area contributed by atoms with Crippen molar-refractivity contribution in [1.29, 1.82) is 5.26 Å². The molecule has 0 aromatic rings. The van der Waals surface area contributed by atoms with E-state index in [1.54, 1.807) is 13.0 Å². The molecule has 1 aliphatic heterocycles. The molecule has 1 heterocycles. The predicted octanol–water partition coefficient (Wildman–Crippen LogP) is 2.12. The Labute approximate surface area is 101 Å². The molecule has 17 heavy (non-hydrogen) atoms. The van der Waals surface area contributed by atoms with Crippen LogP contribution in [-0.4, -0.2) is 24.5 Å². The van der Waals surface area contributed by atoms with Crippen LogP contribution in [-0.2, 0) is 9.53 Å². The van der Waals surface area contributed by atoms with Gasteiger partial charge in [0.15, 0.2) is 0 Å². The molecule has 0 aliphatic carbocycles. The Balaban J connectivity index is 2.77. The molecule has 1 rings (SSSR count). The van der Waals surface area contributed by atoms with Gasteiger partial charge in [-0.05, 0) is 31.9 Å². The summed E-state index contributed by atoms with van der Waals surface area (Å²) in [7, 11) is 1.99. The van der Waals surface area contributed by atoms with Crippen molar-refractivity contribution in [2.24, 2.45) is 0 Å². The summed E-state index contributed by atoms with van der Waals surface area (Å²) < 4.78 is 4.78. The molecule has 0 N–H and O–H groups in total. The van der Waals surface area contributed by atoms with Crippen LogP contribution in [0.3, 0.4) is 0 Å². The van der Waals surface area contributed by atoms with Crippen LogP contribution in [0, 0.1) is 11.3 Å². The van der Waals surface area contributed by atoms with E-state index < -0.39 is 5.97 Å². The minimum atomic E-state index is -0.655. The van der Waals surface area contributed by atoms with Crippen LogP contribution in [0.4, 0.5) is 0 Å². The van der Waals surface area contributed by atoms with E-state index in [1.807, 2.05) is 13.1 Å². The highest BCUT2D eigenvalue weighted by Crippen LogP contribution is 2.18. The highest BCUT2D eigenvalue weighted by Gasteiger charge is 2.13. The number of hydrogen-bond acceptors (Lipinski definition) is 4. The molecular weight excluding hydrogens is 216 g/mol. The minimum absolute atomic E-state index is 0.0131. The van der Waals surface area contributed by atoms with Crippen LogP contribution in [0.25, 0.3) is 0 Å². The Hall–Kier alpha value is -2.02. The van der Waals surface area contributed by atoms with E-state index in [-0.39, 0.29) is 11.3 Å². The Bertz CT molecular complexity index is 427. The first-order chi connectivity index (χ1) is 8.04. The molecule has 1 saturated heterocycles. The van der Waals surface area contributed by atoms with Gasteiger partial charge in [-0.3, -0.25) is 0 Å². The SMILES string of the molecule is C=C(C)OC(=O)/C(C#N)=C\C=C1/CCCN1C. The number of carbonyl (C=O) groups is 1. The maximum Gasteiger partial charge on any atom is 0.353 e. The van der Waals surface area contributed by atoms with E-state index in [0.717, 1.165) is 25.1 Å². The lowest BCUT2D eigenvalue weighted by molar-refractivity contribution is -0.134. The first kappa shape index (κ1) is 13.0. The summed E-state index contributed by atoms with van der Waals surface area (Å²) >= 11 is 0. The molecule has 0 spiro atoms. The van der Waals surface area contributed by atoms with Gasteiger partial charge in [0.05, 0.1) is 5.76 Å². The number of carbonyl (C=O) groups excluding carboxylic acids is 1. The highest BCUT2D eigenvalue weighted by molar-refractivity contribution is 5.93. The average Bonchev–Trinajstić information content (AvgIpc) is 2.64. The molecule has 0 amide bonds. The second-order valence-corrected chi connectivity index (χ2v) is 3.97. The van der Waals surface area contributed by atoms with Crippen LogP contribution < -0.4 is 0 Å². The molecule has 0 aromatic carbocycles. The smallest absolute Gasteiger partial charge is 0.353 e. The number of allylic oxidation sites excluding steroid dienone is 4. The number of rotatable bonds is 3. The van der Waals surface area contributed by atoms with Crippen molar-refractivity contribution in [3.05, 3.63) is 35.8 Å². The number of nitrogens with zero attached hydrogens (tertiary/aromatic N) is 2.